The lowest BCUT2D eigenvalue weighted by Gasteiger charge is -2.17. The fourth-order valence-corrected chi connectivity index (χ4v) is 3.75. The number of hydrogen-bond donors (Lipinski definition) is 1. The molecule has 0 saturated carbocycles. The topological polar surface area (TPSA) is 80.8 Å². The van der Waals surface area contributed by atoms with Crippen molar-refractivity contribution in [1.29, 1.82) is 0 Å². The van der Waals surface area contributed by atoms with Crippen molar-refractivity contribution in [3.05, 3.63) is 34.8 Å². The van der Waals surface area contributed by atoms with Crippen LogP contribution in [0.15, 0.2) is 24.4 Å². The molecular weight excluding hydrogens is 366 g/mol. The van der Waals surface area contributed by atoms with Crippen molar-refractivity contribution in [2.75, 3.05) is 32.6 Å². The van der Waals surface area contributed by atoms with Crippen LogP contribution in [0.1, 0.15) is 16.9 Å². The first-order chi connectivity index (χ1) is 13.0. The van der Waals surface area contributed by atoms with E-state index in [1.807, 2.05) is 25.1 Å². The summed E-state index contributed by atoms with van der Waals surface area (Å²) in [7, 11) is 3.19. The second-order valence-corrected chi connectivity index (χ2v) is 7.68. The highest BCUT2D eigenvalue weighted by Gasteiger charge is 2.34. The molecule has 0 aliphatic carbocycles. The smallest absolute Gasteiger partial charge is 0.231 e. The summed E-state index contributed by atoms with van der Waals surface area (Å²) in [6, 6.07) is 5.72. The summed E-state index contributed by atoms with van der Waals surface area (Å²) >= 11 is 1.43. The predicted octanol–water partition coefficient (Wildman–Crippen LogP) is 2.50. The van der Waals surface area contributed by atoms with Crippen molar-refractivity contribution in [3.63, 3.8) is 0 Å². The number of likely N-dealkylation sites (tertiary alicyclic amines) is 1. The van der Waals surface area contributed by atoms with E-state index in [1.165, 1.54) is 11.3 Å². The maximum atomic E-state index is 12.4. The van der Waals surface area contributed by atoms with Gasteiger partial charge >= 0.3 is 0 Å². The Morgan fingerprint density at radius 2 is 2.11 bits per heavy atom. The van der Waals surface area contributed by atoms with Crippen molar-refractivity contribution in [3.8, 4) is 11.5 Å². The summed E-state index contributed by atoms with van der Waals surface area (Å²) in [5, 5.41) is 3.38. The molecule has 1 fully saturated rings. The van der Waals surface area contributed by atoms with Gasteiger partial charge in [-0.1, -0.05) is 6.07 Å². The number of aromatic nitrogens is 1. The lowest BCUT2D eigenvalue weighted by Crippen LogP contribution is -2.30. The fourth-order valence-electron chi connectivity index (χ4n) is 3.08. The highest BCUT2D eigenvalue weighted by Crippen LogP contribution is 2.28. The van der Waals surface area contributed by atoms with Gasteiger partial charge in [0.05, 0.1) is 20.1 Å². The number of anilines is 1. The summed E-state index contributed by atoms with van der Waals surface area (Å²) in [6.07, 6.45) is 2.64. The van der Waals surface area contributed by atoms with Crippen molar-refractivity contribution >= 4 is 28.3 Å². The molecule has 2 heterocycles. The standard InChI is InChI=1S/C19H23N3O4S/c1-12-10-20-19(27-12)21-18(24)14-9-17(23)22(11-14)7-6-13-4-5-15(25-2)16(8-13)26-3/h4-5,8,10,14H,6-7,9,11H2,1-3H3,(H,20,21,24)/t14-/m0/s1. The fraction of sp³-hybridized carbons (Fsp3) is 0.421. The third-order valence-electron chi connectivity index (χ3n) is 4.56. The number of rotatable bonds is 7. The molecular formula is C19H23N3O4S. The molecule has 1 aliphatic rings. The van der Waals surface area contributed by atoms with Crippen LogP contribution >= 0.6 is 11.3 Å². The molecule has 2 amide bonds. The molecule has 3 rings (SSSR count). The number of carbonyl (C=O) groups excluding carboxylic acids is 2. The second kappa shape index (κ2) is 8.39. The molecule has 1 N–H and O–H groups in total. The third-order valence-corrected chi connectivity index (χ3v) is 5.38. The Balaban J connectivity index is 1.55. The molecule has 1 saturated heterocycles. The van der Waals surface area contributed by atoms with E-state index < -0.39 is 0 Å². The Morgan fingerprint density at radius 1 is 1.33 bits per heavy atom. The Labute approximate surface area is 162 Å². The summed E-state index contributed by atoms with van der Waals surface area (Å²) in [5.41, 5.74) is 1.05. The molecule has 1 aromatic carbocycles. The Kier molecular flexibility index (Phi) is 5.95. The van der Waals surface area contributed by atoms with Crippen LogP contribution in [-0.4, -0.2) is 49.0 Å². The van der Waals surface area contributed by atoms with E-state index in [2.05, 4.69) is 10.3 Å². The van der Waals surface area contributed by atoms with Crippen LogP contribution in [0, 0.1) is 12.8 Å². The summed E-state index contributed by atoms with van der Waals surface area (Å²) < 4.78 is 10.6. The molecule has 1 aliphatic heterocycles. The average molecular weight is 389 g/mol. The van der Waals surface area contributed by atoms with Crippen LogP contribution < -0.4 is 14.8 Å². The van der Waals surface area contributed by atoms with E-state index in [0.717, 1.165) is 10.4 Å². The van der Waals surface area contributed by atoms with E-state index in [-0.39, 0.29) is 24.2 Å². The number of ether oxygens (including phenoxy) is 2. The Morgan fingerprint density at radius 3 is 2.78 bits per heavy atom. The minimum atomic E-state index is -0.341. The Bertz CT molecular complexity index is 836. The highest BCUT2D eigenvalue weighted by atomic mass is 32.1. The van der Waals surface area contributed by atoms with Gasteiger partial charge in [-0.2, -0.15) is 0 Å². The van der Waals surface area contributed by atoms with Crippen LogP contribution in [0.2, 0.25) is 0 Å². The van der Waals surface area contributed by atoms with Gasteiger partial charge in [-0.15, -0.1) is 11.3 Å². The first kappa shape index (κ1) is 19.2. The van der Waals surface area contributed by atoms with E-state index in [0.29, 0.717) is 36.1 Å². The van der Waals surface area contributed by atoms with E-state index >= 15 is 0 Å². The average Bonchev–Trinajstić information content (AvgIpc) is 3.24. The molecule has 1 atom stereocenters. The quantitative estimate of drug-likeness (QED) is 0.787. The molecule has 1 aromatic heterocycles. The SMILES string of the molecule is COc1ccc(CCN2C[C@@H](C(=O)Nc3ncc(C)s3)CC2=O)cc1OC. The van der Waals surface area contributed by atoms with Crippen molar-refractivity contribution in [1.82, 2.24) is 9.88 Å². The molecule has 7 nitrogen and oxygen atoms in total. The van der Waals surface area contributed by atoms with Crippen molar-refractivity contribution < 1.29 is 19.1 Å². The lowest BCUT2D eigenvalue weighted by molar-refractivity contribution is -0.128. The van der Waals surface area contributed by atoms with Gasteiger partial charge in [-0.3, -0.25) is 9.59 Å². The monoisotopic (exact) mass is 389 g/mol. The maximum absolute atomic E-state index is 12.4. The number of nitrogens with zero attached hydrogens (tertiary/aromatic N) is 2. The third kappa shape index (κ3) is 4.57. The van der Waals surface area contributed by atoms with Crippen LogP contribution in [0.25, 0.3) is 0 Å². The number of benzene rings is 1. The summed E-state index contributed by atoms with van der Waals surface area (Å²) in [4.78, 5) is 31.6. The number of carbonyl (C=O) groups is 2. The zero-order valence-corrected chi connectivity index (χ0v) is 16.5. The Hall–Kier alpha value is -2.61. The van der Waals surface area contributed by atoms with E-state index in [1.54, 1.807) is 25.3 Å². The number of aryl methyl sites for hydroxylation is 1. The maximum Gasteiger partial charge on any atom is 0.231 e. The van der Waals surface area contributed by atoms with E-state index in [9.17, 15) is 9.59 Å². The predicted molar refractivity (Wildman–Crippen MR) is 103 cm³/mol. The van der Waals surface area contributed by atoms with Crippen LogP contribution in [0.3, 0.4) is 0 Å². The highest BCUT2D eigenvalue weighted by molar-refractivity contribution is 7.15. The molecule has 0 bridgehead atoms. The summed E-state index contributed by atoms with van der Waals surface area (Å²) in [5.74, 6) is 0.857. The lowest BCUT2D eigenvalue weighted by atomic mass is 10.1. The first-order valence-electron chi connectivity index (χ1n) is 8.72. The van der Waals surface area contributed by atoms with E-state index in [4.69, 9.17) is 9.47 Å². The molecule has 27 heavy (non-hydrogen) atoms. The number of methoxy groups -OCH3 is 2. The first-order valence-corrected chi connectivity index (χ1v) is 9.53. The minimum Gasteiger partial charge on any atom is -0.493 e. The van der Waals surface area contributed by atoms with Crippen LogP contribution in [-0.2, 0) is 16.0 Å². The van der Waals surface area contributed by atoms with Gasteiger partial charge in [0.15, 0.2) is 16.6 Å². The zero-order valence-electron chi connectivity index (χ0n) is 15.7. The van der Waals surface area contributed by atoms with Gasteiger partial charge < -0.3 is 19.7 Å². The zero-order chi connectivity index (χ0) is 19.4. The number of amides is 2. The summed E-state index contributed by atoms with van der Waals surface area (Å²) in [6.45, 7) is 2.93. The molecule has 2 aromatic rings. The van der Waals surface area contributed by atoms with Gasteiger partial charge in [0, 0.05) is 30.6 Å². The van der Waals surface area contributed by atoms with Gasteiger partial charge in [-0.05, 0) is 31.0 Å². The molecule has 144 valence electrons. The number of nitrogens with one attached hydrogen (secondary N) is 1. The normalized spacial score (nSPS) is 16.5. The van der Waals surface area contributed by atoms with Gasteiger partial charge in [-0.25, -0.2) is 4.98 Å². The number of hydrogen-bond acceptors (Lipinski definition) is 6. The second-order valence-electron chi connectivity index (χ2n) is 6.45. The minimum absolute atomic E-state index is 0.00551. The largest absolute Gasteiger partial charge is 0.493 e. The van der Waals surface area contributed by atoms with Gasteiger partial charge in [0.2, 0.25) is 11.8 Å². The molecule has 0 spiro atoms. The van der Waals surface area contributed by atoms with Gasteiger partial charge in [0.1, 0.15) is 0 Å². The molecule has 0 radical (unpaired) electrons. The number of thiazole rings is 1. The van der Waals surface area contributed by atoms with Crippen molar-refractivity contribution in [2.24, 2.45) is 5.92 Å². The van der Waals surface area contributed by atoms with Crippen molar-refractivity contribution in [2.45, 2.75) is 19.8 Å². The molecule has 8 heteroatoms. The van der Waals surface area contributed by atoms with Crippen LogP contribution in [0.4, 0.5) is 5.13 Å². The van der Waals surface area contributed by atoms with Gasteiger partial charge in [0.25, 0.3) is 0 Å². The molecule has 0 unspecified atom stereocenters. The van der Waals surface area contributed by atoms with Crippen LogP contribution in [0.5, 0.6) is 11.5 Å².